The second kappa shape index (κ2) is 12.4. The summed E-state index contributed by atoms with van der Waals surface area (Å²) in [7, 11) is 0. The molecule has 5 heteroatoms. The molecule has 0 heterocycles. The topological polar surface area (TPSA) is 64.3 Å². The van der Waals surface area contributed by atoms with Crippen molar-refractivity contribution in [3.05, 3.63) is 0 Å². The van der Waals surface area contributed by atoms with Gasteiger partial charge in [0.05, 0.1) is 12.7 Å². The first-order valence-corrected chi connectivity index (χ1v) is 7.46. The van der Waals surface area contributed by atoms with Gasteiger partial charge in [-0.1, -0.05) is 27.7 Å². The number of nitrogens with one attached hydrogen (secondary N) is 1. The SMILES string of the molecule is CC(C)CC(CN)NC(=O)CCOC(C)CC(C)C.Cl. The fourth-order valence-corrected chi connectivity index (χ4v) is 2.17. The summed E-state index contributed by atoms with van der Waals surface area (Å²) in [5, 5.41) is 2.97. The van der Waals surface area contributed by atoms with Gasteiger partial charge in [0.15, 0.2) is 0 Å². The van der Waals surface area contributed by atoms with Gasteiger partial charge in [-0.25, -0.2) is 0 Å². The predicted octanol–water partition coefficient (Wildman–Crippen LogP) is 2.74. The van der Waals surface area contributed by atoms with Crippen LogP contribution in [0.15, 0.2) is 0 Å². The number of amides is 1. The van der Waals surface area contributed by atoms with Gasteiger partial charge in [0.2, 0.25) is 5.91 Å². The summed E-state index contributed by atoms with van der Waals surface area (Å²) in [6, 6.07) is 0.0839. The van der Waals surface area contributed by atoms with E-state index < -0.39 is 0 Å². The van der Waals surface area contributed by atoms with Crippen LogP contribution in [-0.2, 0) is 9.53 Å². The van der Waals surface area contributed by atoms with E-state index in [0.717, 1.165) is 12.8 Å². The minimum atomic E-state index is 0. The molecule has 0 aliphatic rings. The Morgan fingerprint density at radius 1 is 1.10 bits per heavy atom. The normalized spacial score (nSPS) is 14.0. The Morgan fingerprint density at radius 3 is 2.10 bits per heavy atom. The van der Waals surface area contributed by atoms with Crippen LogP contribution in [0.5, 0.6) is 0 Å². The largest absolute Gasteiger partial charge is 0.378 e. The van der Waals surface area contributed by atoms with E-state index in [1.54, 1.807) is 0 Å². The lowest BCUT2D eigenvalue weighted by Crippen LogP contribution is -2.41. The number of rotatable bonds is 10. The van der Waals surface area contributed by atoms with E-state index in [-0.39, 0.29) is 30.5 Å². The maximum Gasteiger partial charge on any atom is 0.222 e. The Bertz CT molecular complexity index is 248. The third-order valence-corrected chi connectivity index (χ3v) is 2.94. The molecule has 2 unspecified atom stereocenters. The first kappa shape index (κ1) is 22.0. The summed E-state index contributed by atoms with van der Waals surface area (Å²) in [5.41, 5.74) is 5.66. The monoisotopic (exact) mass is 308 g/mol. The molecule has 0 saturated heterocycles. The number of carbonyl (C=O) groups excluding carboxylic acids is 1. The van der Waals surface area contributed by atoms with Crippen molar-refractivity contribution in [3.8, 4) is 0 Å². The molecule has 1 amide bonds. The molecule has 0 radical (unpaired) electrons. The van der Waals surface area contributed by atoms with Crippen molar-refractivity contribution in [2.75, 3.05) is 13.2 Å². The molecule has 4 nitrogen and oxygen atoms in total. The van der Waals surface area contributed by atoms with E-state index in [1.165, 1.54) is 0 Å². The number of nitrogens with two attached hydrogens (primary N) is 1. The van der Waals surface area contributed by atoms with Crippen LogP contribution in [0.3, 0.4) is 0 Å². The van der Waals surface area contributed by atoms with Gasteiger partial charge < -0.3 is 15.8 Å². The van der Waals surface area contributed by atoms with Crippen LogP contribution >= 0.6 is 12.4 Å². The Kier molecular flexibility index (Phi) is 13.6. The van der Waals surface area contributed by atoms with Crippen LogP contribution in [0.25, 0.3) is 0 Å². The Hall–Kier alpha value is -0.320. The van der Waals surface area contributed by atoms with Crippen LogP contribution in [0.2, 0.25) is 0 Å². The van der Waals surface area contributed by atoms with Gasteiger partial charge in [0.1, 0.15) is 0 Å². The maximum atomic E-state index is 11.8. The number of hydrogen-bond acceptors (Lipinski definition) is 3. The van der Waals surface area contributed by atoms with Gasteiger partial charge in [0.25, 0.3) is 0 Å². The zero-order valence-electron chi connectivity index (χ0n) is 13.6. The third kappa shape index (κ3) is 12.7. The fraction of sp³-hybridized carbons (Fsp3) is 0.933. The minimum absolute atomic E-state index is 0. The van der Waals surface area contributed by atoms with Crippen molar-refractivity contribution in [3.63, 3.8) is 0 Å². The molecule has 3 N–H and O–H groups in total. The van der Waals surface area contributed by atoms with Crippen molar-refractivity contribution >= 4 is 18.3 Å². The minimum Gasteiger partial charge on any atom is -0.378 e. The highest BCUT2D eigenvalue weighted by molar-refractivity contribution is 5.85. The molecule has 20 heavy (non-hydrogen) atoms. The molecule has 0 rings (SSSR count). The summed E-state index contributed by atoms with van der Waals surface area (Å²) in [4.78, 5) is 11.8. The van der Waals surface area contributed by atoms with E-state index >= 15 is 0 Å². The Morgan fingerprint density at radius 2 is 1.65 bits per heavy atom. The van der Waals surface area contributed by atoms with E-state index in [1.807, 2.05) is 0 Å². The van der Waals surface area contributed by atoms with E-state index in [4.69, 9.17) is 10.5 Å². The highest BCUT2D eigenvalue weighted by atomic mass is 35.5. The first-order chi connectivity index (χ1) is 8.85. The molecule has 0 aliphatic heterocycles. The Balaban J connectivity index is 0. The standard InChI is InChI=1S/C15H32N2O2.ClH/c1-11(2)8-13(5)19-7-6-15(18)17-14(10-16)9-12(3)4;/h11-14H,6-10,16H2,1-5H3,(H,17,18);1H. The van der Waals surface area contributed by atoms with Crippen LogP contribution in [0.1, 0.15) is 53.9 Å². The molecule has 0 aromatic rings. The lowest BCUT2D eigenvalue weighted by atomic mass is 10.0. The van der Waals surface area contributed by atoms with Gasteiger partial charge in [0, 0.05) is 19.0 Å². The number of carbonyl (C=O) groups is 1. The molecule has 122 valence electrons. The molecule has 0 fully saturated rings. The van der Waals surface area contributed by atoms with Crippen molar-refractivity contribution < 1.29 is 9.53 Å². The summed E-state index contributed by atoms with van der Waals surface area (Å²) >= 11 is 0. The van der Waals surface area contributed by atoms with Crippen molar-refractivity contribution in [1.82, 2.24) is 5.32 Å². The summed E-state index contributed by atoms with van der Waals surface area (Å²) in [5.74, 6) is 1.19. The van der Waals surface area contributed by atoms with E-state index in [2.05, 4.69) is 39.9 Å². The van der Waals surface area contributed by atoms with Crippen LogP contribution in [0, 0.1) is 11.8 Å². The molecule has 0 aromatic carbocycles. The van der Waals surface area contributed by atoms with Crippen LogP contribution in [0.4, 0.5) is 0 Å². The van der Waals surface area contributed by atoms with Gasteiger partial charge in [-0.15, -0.1) is 12.4 Å². The van der Waals surface area contributed by atoms with E-state index in [0.29, 0.717) is 31.4 Å². The quantitative estimate of drug-likeness (QED) is 0.652. The third-order valence-electron chi connectivity index (χ3n) is 2.94. The second-order valence-corrected chi connectivity index (χ2v) is 6.19. The molecule has 0 aromatic heterocycles. The lowest BCUT2D eigenvalue weighted by molar-refractivity contribution is -0.123. The smallest absolute Gasteiger partial charge is 0.222 e. The zero-order valence-corrected chi connectivity index (χ0v) is 14.5. The van der Waals surface area contributed by atoms with Gasteiger partial charge in [-0.2, -0.15) is 0 Å². The highest BCUT2D eigenvalue weighted by Crippen LogP contribution is 2.08. The fourth-order valence-electron chi connectivity index (χ4n) is 2.17. The molecular weight excluding hydrogens is 276 g/mol. The summed E-state index contributed by atoms with van der Waals surface area (Å²) in [6.45, 7) is 11.6. The number of ether oxygens (including phenoxy) is 1. The molecular formula is C15H33ClN2O2. The summed E-state index contributed by atoms with van der Waals surface area (Å²) < 4.78 is 5.63. The van der Waals surface area contributed by atoms with Crippen molar-refractivity contribution in [1.29, 1.82) is 0 Å². The predicted molar refractivity (Wildman–Crippen MR) is 87.2 cm³/mol. The van der Waals surface area contributed by atoms with Crippen LogP contribution in [-0.4, -0.2) is 31.2 Å². The average molecular weight is 309 g/mol. The maximum absolute atomic E-state index is 11.8. The Labute approximate surface area is 130 Å². The summed E-state index contributed by atoms with van der Waals surface area (Å²) in [6.07, 6.45) is 2.58. The molecule has 2 atom stereocenters. The van der Waals surface area contributed by atoms with E-state index in [9.17, 15) is 4.79 Å². The van der Waals surface area contributed by atoms with Crippen molar-refractivity contribution in [2.24, 2.45) is 17.6 Å². The van der Waals surface area contributed by atoms with Crippen LogP contribution < -0.4 is 11.1 Å². The first-order valence-electron chi connectivity index (χ1n) is 7.46. The second-order valence-electron chi connectivity index (χ2n) is 6.19. The zero-order chi connectivity index (χ0) is 14.8. The molecule has 0 saturated carbocycles. The van der Waals surface area contributed by atoms with Gasteiger partial charge in [-0.3, -0.25) is 4.79 Å². The molecule has 0 bridgehead atoms. The van der Waals surface area contributed by atoms with Gasteiger partial charge in [-0.05, 0) is 31.6 Å². The average Bonchev–Trinajstić information content (AvgIpc) is 2.26. The highest BCUT2D eigenvalue weighted by Gasteiger charge is 2.13. The number of halogens is 1. The van der Waals surface area contributed by atoms with Crippen molar-refractivity contribution in [2.45, 2.75) is 66.0 Å². The number of hydrogen-bond donors (Lipinski definition) is 2. The molecule has 0 aliphatic carbocycles. The lowest BCUT2D eigenvalue weighted by Gasteiger charge is -2.19. The van der Waals surface area contributed by atoms with Gasteiger partial charge >= 0.3 is 0 Å². The molecule has 0 spiro atoms.